The molecule has 0 radical (unpaired) electrons. The summed E-state index contributed by atoms with van der Waals surface area (Å²) in [5.41, 5.74) is 1.64. The summed E-state index contributed by atoms with van der Waals surface area (Å²) >= 11 is 0. The molecule has 1 amide bonds. The Morgan fingerprint density at radius 2 is 1.80 bits per heavy atom. The number of fused-ring (bicyclic) bond motifs is 1. The zero-order chi connectivity index (χ0) is 14.1. The molecular formula is C15H15N3O2. The number of amides is 1. The third-order valence-corrected chi connectivity index (χ3v) is 3.44. The molecular weight excluding hydrogens is 254 g/mol. The van der Waals surface area contributed by atoms with Crippen LogP contribution in [0.25, 0.3) is 11.3 Å². The number of anilines is 1. The highest BCUT2D eigenvalue weighted by Crippen LogP contribution is 2.27. The maximum atomic E-state index is 12.1. The zero-order valence-electron chi connectivity index (χ0n) is 11.2. The van der Waals surface area contributed by atoms with Crippen LogP contribution in [0, 0.1) is 0 Å². The number of nitrogens with zero attached hydrogens (tertiary/aromatic N) is 3. The van der Waals surface area contributed by atoms with Crippen LogP contribution in [-0.2, 0) is 4.79 Å². The third-order valence-electron chi connectivity index (χ3n) is 3.44. The fourth-order valence-corrected chi connectivity index (χ4v) is 2.42. The van der Waals surface area contributed by atoms with Gasteiger partial charge in [0.2, 0.25) is 11.8 Å². The molecule has 0 bridgehead atoms. The van der Waals surface area contributed by atoms with Crippen molar-refractivity contribution in [1.29, 1.82) is 0 Å². The molecule has 1 aliphatic rings. The highest BCUT2D eigenvalue weighted by molar-refractivity contribution is 6.00. The third kappa shape index (κ3) is 2.01. The molecule has 0 N–H and O–H groups in total. The van der Waals surface area contributed by atoms with Crippen LogP contribution in [0.4, 0.5) is 5.82 Å². The van der Waals surface area contributed by atoms with Gasteiger partial charge in [0, 0.05) is 31.0 Å². The average molecular weight is 269 g/mol. The second-order valence-electron chi connectivity index (χ2n) is 4.70. The maximum absolute atomic E-state index is 12.1. The first kappa shape index (κ1) is 12.6. The van der Waals surface area contributed by atoms with Crippen molar-refractivity contribution in [2.75, 3.05) is 11.4 Å². The summed E-state index contributed by atoms with van der Waals surface area (Å²) in [6, 6.07) is 11.4. The number of rotatable bonds is 2. The Hall–Kier alpha value is -2.43. The summed E-state index contributed by atoms with van der Waals surface area (Å²) in [7, 11) is 0. The van der Waals surface area contributed by atoms with E-state index in [9.17, 15) is 9.59 Å². The first-order valence-electron chi connectivity index (χ1n) is 6.69. The van der Waals surface area contributed by atoms with E-state index in [1.54, 1.807) is 11.0 Å². The molecule has 20 heavy (non-hydrogen) atoms. The second kappa shape index (κ2) is 4.92. The molecule has 0 aliphatic carbocycles. The van der Waals surface area contributed by atoms with Crippen LogP contribution < -0.4 is 4.90 Å². The largest absolute Gasteiger partial charge is 0.297 e. The average Bonchev–Trinajstić information content (AvgIpc) is 2.87. The van der Waals surface area contributed by atoms with E-state index in [1.807, 2.05) is 37.3 Å². The van der Waals surface area contributed by atoms with Crippen LogP contribution >= 0.6 is 0 Å². The molecule has 0 fully saturated rings. The number of benzene rings is 1. The van der Waals surface area contributed by atoms with Crippen LogP contribution in [0.3, 0.4) is 0 Å². The Balaban J connectivity index is 2.12. The van der Waals surface area contributed by atoms with Crippen molar-refractivity contribution < 1.29 is 9.59 Å². The first-order valence-corrected chi connectivity index (χ1v) is 6.69. The van der Waals surface area contributed by atoms with Crippen molar-refractivity contribution in [3.8, 4) is 11.3 Å². The molecule has 0 unspecified atom stereocenters. The minimum atomic E-state index is -0.133. The normalized spacial score (nSPS) is 15.2. The molecule has 2 heterocycles. The summed E-state index contributed by atoms with van der Waals surface area (Å²) in [5.74, 6) is 0.407. The van der Waals surface area contributed by atoms with Crippen molar-refractivity contribution >= 4 is 17.6 Å². The summed E-state index contributed by atoms with van der Waals surface area (Å²) < 4.78 is 1.36. The smallest absolute Gasteiger partial charge is 0.249 e. The van der Waals surface area contributed by atoms with E-state index in [-0.39, 0.29) is 24.7 Å². The van der Waals surface area contributed by atoms with Gasteiger partial charge < -0.3 is 0 Å². The highest BCUT2D eigenvalue weighted by Gasteiger charge is 2.27. The number of aromatic nitrogens is 2. The van der Waals surface area contributed by atoms with Crippen LogP contribution in [0.5, 0.6) is 0 Å². The minimum Gasteiger partial charge on any atom is -0.297 e. The lowest BCUT2D eigenvalue weighted by Gasteiger charge is -2.17. The molecule has 1 aliphatic heterocycles. The van der Waals surface area contributed by atoms with Gasteiger partial charge in [-0.3, -0.25) is 14.5 Å². The fraction of sp³-hybridized carbons (Fsp3) is 0.267. The van der Waals surface area contributed by atoms with Gasteiger partial charge in [-0.05, 0) is 6.92 Å². The summed E-state index contributed by atoms with van der Waals surface area (Å²) in [4.78, 5) is 25.7. The minimum absolute atomic E-state index is 0.0286. The molecule has 5 heteroatoms. The molecule has 1 aromatic carbocycles. The molecule has 3 rings (SSSR count). The van der Waals surface area contributed by atoms with Crippen molar-refractivity contribution in [1.82, 2.24) is 9.78 Å². The molecule has 0 saturated carbocycles. The molecule has 5 nitrogen and oxygen atoms in total. The van der Waals surface area contributed by atoms with Crippen LogP contribution in [-0.4, -0.2) is 28.1 Å². The van der Waals surface area contributed by atoms with Gasteiger partial charge in [0.1, 0.15) is 5.82 Å². The number of hydrogen-bond donors (Lipinski definition) is 0. The number of carbonyl (C=O) groups excluding carboxylic acids is 2. The van der Waals surface area contributed by atoms with Gasteiger partial charge in [-0.15, -0.1) is 0 Å². The lowest BCUT2D eigenvalue weighted by molar-refractivity contribution is -0.118. The van der Waals surface area contributed by atoms with Gasteiger partial charge in [-0.25, -0.2) is 0 Å². The lowest BCUT2D eigenvalue weighted by Crippen LogP contribution is -2.30. The molecule has 0 saturated heterocycles. The van der Waals surface area contributed by atoms with E-state index in [2.05, 4.69) is 5.10 Å². The SMILES string of the molecule is CCN1C(=O)CCC(=O)n2nc(-c3ccccc3)cc21. The van der Waals surface area contributed by atoms with Crippen LogP contribution in [0.1, 0.15) is 24.6 Å². The molecule has 1 aromatic heterocycles. The van der Waals surface area contributed by atoms with Crippen molar-refractivity contribution in [2.24, 2.45) is 0 Å². The van der Waals surface area contributed by atoms with Gasteiger partial charge in [-0.2, -0.15) is 9.78 Å². The van der Waals surface area contributed by atoms with E-state index in [1.165, 1.54) is 4.68 Å². The predicted molar refractivity (Wildman–Crippen MR) is 75.6 cm³/mol. The fourth-order valence-electron chi connectivity index (χ4n) is 2.42. The monoisotopic (exact) mass is 269 g/mol. The van der Waals surface area contributed by atoms with Crippen LogP contribution in [0.2, 0.25) is 0 Å². The summed E-state index contributed by atoms with van der Waals surface area (Å²) in [6.07, 6.45) is 0.453. The van der Waals surface area contributed by atoms with Crippen molar-refractivity contribution in [3.05, 3.63) is 36.4 Å². The maximum Gasteiger partial charge on any atom is 0.249 e. The molecule has 0 spiro atoms. The summed E-state index contributed by atoms with van der Waals surface area (Å²) in [5, 5.41) is 4.37. The van der Waals surface area contributed by atoms with Gasteiger partial charge in [0.15, 0.2) is 0 Å². The van der Waals surface area contributed by atoms with Gasteiger partial charge in [0.25, 0.3) is 0 Å². The quantitative estimate of drug-likeness (QED) is 0.840. The first-order chi connectivity index (χ1) is 9.70. The van der Waals surface area contributed by atoms with Crippen molar-refractivity contribution in [2.45, 2.75) is 19.8 Å². The molecule has 0 atom stereocenters. The van der Waals surface area contributed by atoms with E-state index in [0.29, 0.717) is 18.1 Å². The molecule has 2 aromatic rings. The van der Waals surface area contributed by atoms with Crippen LogP contribution in [0.15, 0.2) is 36.4 Å². The van der Waals surface area contributed by atoms with Crippen molar-refractivity contribution in [3.63, 3.8) is 0 Å². The summed E-state index contributed by atoms with van der Waals surface area (Å²) in [6.45, 7) is 2.43. The van der Waals surface area contributed by atoms with Gasteiger partial charge in [-0.1, -0.05) is 30.3 Å². The Morgan fingerprint density at radius 1 is 1.10 bits per heavy atom. The van der Waals surface area contributed by atoms with E-state index < -0.39 is 0 Å². The van der Waals surface area contributed by atoms with Gasteiger partial charge >= 0.3 is 0 Å². The van der Waals surface area contributed by atoms with E-state index in [0.717, 1.165) is 5.56 Å². The van der Waals surface area contributed by atoms with E-state index in [4.69, 9.17) is 0 Å². The van der Waals surface area contributed by atoms with Gasteiger partial charge in [0.05, 0.1) is 5.69 Å². The Labute approximate surface area is 116 Å². The number of hydrogen-bond acceptors (Lipinski definition) is 3. The Kier molecular flexibility index (Phi) is 3.10. The Bertz CT molecular complexity index is 661. The lowest BCUT2D eigenvalue weighted by atomic mass is 10.1. The molecule has 102 valence electrons. The predicted octanol–water partition coefficient (Wildman–Crippen LogP) is 2.34. The highest BCUT2D eigenvalue weighted by atomic mass is 16.2. The zero-order valence-corrected chi connectivity index (χ0v) is 11.2. The van der Waals surface area contributed by atoms with E-state index >= 15 is 0 Å². The topological polar surface area (TPSA) is 55.2 Å². The second-order valence-corrected chi connectivity index (χ2v) is 4.70. The Morgan fingerprint density at radius 3 is 2.50 bits per heavy atom. The number of carbonyl (C=O) groups is 2. The standard InChI is InChI=1S/C15H15N3O2/c1-2-17-13-10-12(11-6-4-3-5-7-11)16-18(13)15(20)9-8-14(17)19/h3-7,10H,2,8-9H2,1H3.